The van der Waals surface area contributed by atoms with Crippen LogP contribution in [0.5, 0.6) is 0 Å². The van der Waals surface area contributed by atoms with E-state index in [-0.39, 0.29) is 0 Å². The Kier molecular flexibility index (Phi) is 2.98. The Hall–Kier alpha value is 0.440. The molecule has 1 aliphatic heterocycles. The van der Waals surface area contributed by atoms with Crippen LogP contribution in [0.25, 0.3) is 0 Å². The van der Waals surface area contributed by atoms with Gasteiger partial charge in [-0.3, -0.25) is 0 Å². The van der Waals surface area contributed by atoms with Crippen molar-refractivity contribution in [2.45, 2.75) is 33.2 Å². The Bertz CT molecular complexity index is 136. The van der Waals surface area contributed by atoms with E-state index in [0.717, 1.165) is 11.4 Å². The van der Waals surface area contributed by atoms with Crippen LogP contribution >= 0.6 is 15.9 Å². The first-order valence-corrected chi connectivity index (χ1v) is 5.49. The smallest absolute Gasteiger partial charge is 0.00980 e. The first-order valence-electron chi connectivity index (χ1n) is 4.37. The van der Waals surface area contributed by atoms with Crippen molar-refractivity contribution in [3.05, 3.63) is 0 Å². The lowest BCUT2D eigenvalue weighted by molar-refractivity contribution is 0.246. The fraction of sp³-hybridized carbons (Fsp3) is 1.00. The van der Waals surface area contributed by atoms with Gasteiger partial charge in [0.25, 0.3) is 0 Å². The lowest BCUT2D eigenvalue weighted by Gasteiger charge is -2.24. The Morgan fingerprint density at radius 1 is 1.55 bits per heavy atom. The van der Waals surface area contributed by atoms with Crippen molar-refractivity contribution in [1.82, 2.24) is 4.90 Å². The number of likely N-dealkylation sites (tertiary alicyclic amines) is 1. The van der Waals surface area contributed by atoms with Crippen molar-refractivity contribution >= 4 is 15.9 Å². The molecule has 0 aromatic carbocycles. The second-order valence-corrected chi connectivity index (χ2v) is 4.82. The van der Waals surface area contributed by atoms with Gasteiger partial charge in [-0.2, -0.15) is 0 Å². The highest BCUT2D eigenvalue weighted by Gasteiger charge is 2.33. The van der Waals surface area contributed by atoms with Gasteiger partial charge in [0.2, 0.25) is 0 Å². The Morgan fingerprint density at radius 3 is 2.45 bits per heavy atom. The van der Waals surface area contributed by atoms with Crippen molar-refractivity contribution in [1.29, 1.82) is 0 Å². The molecule has 0 aromatic heterocycles. The molecule has 0 bridgehead atoms. The predicted octanol–water partition coefficient (Wildman–Crippen LogP) is 2.50. The Labute approximate surface area is 78.3 Å². The van der Waals surface area contributed by atoms with E-state index >= 15 is 0 Å². The quantitative estimate of drug-likeness (QED) is 0.646. The summed E-state index contributed by atoms with van der Waals surface area (Å²) in [5, 5.41) is 1.14. The summed E-state index contributed by atoms with van der Waals surface area (Å²) in [6.07, 6.45) is 1.34. The van der Waals surface area contributed by atoms with Gasteiger partial charge in [-0.1, -0.05) is 22.9 Å². The molecule has 1 saturated heterocycles. The number of rotatable bonds is 2. The Morgan fingerprint density at radius 2 is 2.18 bits per heavy atom. The van der Waals surface area contributed by atoms with E-state index in [1.54, 1.807) is 0 Å². The molecule has 1 fully saturated rings. The van der Waals surface area contributed by atoms with Crippen LogP contribution in [0.3, 0.4) is 0 Å². The number of halogens is 1. The van der Waals surface area contributed by atoms with E-state index in [2.05, 4.69) is 41.6 Å². The molecule has 1 atom stereocenters. The second-order valence-electron chi connectivity index (χ2n) is 4.26. The zero-order chi connectivity index (χ0) is 8.48. The summed E-state index contributed by atoms with van der Waals surface area (Å²) in [6, 6.07) is 0.718. The van der Waals surface area contributed by atoms with E-state index in [0.29, 0.717) is 5.41 Å². The van der Waals surface area contributed by atoms with Crippen molar-refractivity contribution in [3.8, 4) is 0 Å². The Balaban J connectivity index is 2.46. The summed E-state index contributed by atoms with van der Waals surface area (Å²) >= 11 is 3.58. The minimum atomic E-state index is 0.532. The van der Waals surface area contributed by atoms with Gasteiger partial charge < -0.3 is 4.90 Å². The SMILES string of the molecule is CC(C)N1CCC(C)(CBr)C1. The van der Waals surface area contributed by atoms with Gasteiger partial charge in [0.15, 0.2) is 0 Å². The molecule has 0 amide bonds. The van der Waals surface area contributed by atoms with Crippen molar-refractivity contribution in [3.63, 3.8) is 0 Å². The van der Waals surface area contributed by atoms with Gasteiger partial charge in [-0.15, -0.1) is 0 Å². The molecule has 2 heteroatoms. The first kappa shape index (κ1) is 9.53. The van der Waals surface area contributed by atoms with Crippen LogP contribution in [0.4, 0.5) is 0 Å². The third kappa shape index (κ3) is 2.19. The van der Waals surface area contributed by atoms with Crippen LogP contribution in [-0.4, -0.2) is 29.4 Å². The monoisotopic (exact) mass is 219 g/mol. The average Bonchev–Trinajstić information content (AvgIpc) is 2.33. The topological polar surface area (TPSA) is 3.24 Å². The van der Waals surface area contributed by atoms with Gasteiger partial charge in [-0.05, 0) is 32.2 Å². The molecule has 0 saturated carbocycles. The highest BCUT2D eigenvalue weighted by Crippen LogP contribution is 2.32. The molecule has 1 aliphatic rings. The molecular weight excluding hydrogens is 202 g/mol. The molecule has 0 radical (unpaired) electrons. The summed E-state index contributed by atoms with van der Waals surface area (Å²) in [5.41, 5.74) is 0.532. The highest BCUT2D eigenvalue weighted by molar-refractivity contribution is 9.09. The summed E-state index contributed by atoms with van der Waals surface area (Å²) in [6.45, 7) is 9.46. The molecule has 11 heavy (non-hydrogen) atoms. The first-order chi connectivity index (χ1) is 5.07. The predicted molar refractivity (Wildman–Crippen MR) is 53.2 cm³/mol. The van der Waals surface area contributed by atoms with Crippen LogP contribution < -0.4 is 0 Å². The van der Waals surface area contributed by atoms with E-state index in [1.165, 1.54) is 19.5 Å². The maximum absolute atomic E-state index is 3.58. The zero-order valence-corrected chi connectivity index (χ0v) is 9.32. The van der Waals surface area contributed by atoms with Crippen LogP contribution in [0.1, 0.15) is 27.2 Å². The minimum Gasteiger partial charge on any atom is -0.300 e. The summed E-state index contributed by atoms with van der Waals surface area (Å²) < 4.78 is 0. The van der Waals surface area contributed by atoms with Crippen molar-refractivity contribution in [2.24, 2.45) is 5.41 Å². The number of alkyl halides is 1. The molecule has 0 aromatic rings. The number of hydrogen-bond donors (Lipinski definition) is 0. The molecular formula is C9H18BrN. The molecule has 0 N–H and O–H groups in total. The van der Waals surface area contributed by atoms with Crippen LogP contribution in [0.15, 0.2) is 0 Å². The van der Waals surface area contributed by atoms with Crippen LogP contribution in [0, 0.1) is 5.41 Å². The third-order valence-corrected chi connectivity index (χ3v) is 3.99. The number of hydrogen-bond acceptors (Lipinski definition) is 1. The summed E-state index contributed by atoms with van der Waals surface area (Å²) in [5.74, 6) is 0. The summed E-state index contributed by atoms with van der Waals surface area (Å²) in [4.78, 5) is 2.56. The van der Waals surface area contributed by atoms with Crippen molar-refractivity contribution < 1.29 is 0 Å². The molecule has 1 nitrogen and oxygen atoms in total. The van der Waals surface area contributed by atoms with Crippen molar-refractivity contribution in [2.75, 3.05) is 18.4 Å². The molecule has 1 heterocycles. The summed E-state index contributed by atoms with van der Waals surface area (Å²) in [7, 11) is 0. The van der Waals surface area contributed by atoms with E-state index < -0.39 is 0 Å². The van der Waals surface area contributed by atoms with Crippen LogP contribution in [-0.2, 0) is 0 Å². The largest absolute Gasteiger partial charge is 0.300 e. The van der Waals surface area contributed by atoms with Gasteiger partial charge in [0.05, 0.1) is 0 Å². The fourth-order valence-electron chi connectivity index (χ4n) is 1.61. The second kappa shape index (κ2) is 3.44. The van der Waals surface area contributed by atoms with Gasteiger partial charge in [0.1, 0.15) is 0 Å². The maximum Gasteiger partial charge on any atom is 0.00980 e. The van der Waals surface area contributed by atoms with Gasteiger partial charge >= 0.3 is 0 Å². The molecule has 0 aliphatic carbocycles. The van der Waals surface area contributed by atoms with E-state index in [4.69, 9.17) is 0 Å². The average molecular weight is 220 g/mol. The van der Waals surface area contributed by atoms with E-state index in [9.17, 15) is 0 Å². The third-order valence-electron chi connectivity index (χ3n) is 2.64. The standard InChI is InChI=1S/C9H18BrN/c1-8(2)11-5-4-9(3,6-10)7-11/h8H,4-7H2,1-3H3. The molecule has 0 spiro atoms. The molecule has 1 unspecified atom stereocenters. The lowest BCUT2D eigenvalue weighted by atomic mass is 9.93. The minimum absolute atomic E-state index is 0.532. The fourth-order valence-corrected chi connectivity index (χ4v) is 2.07. The van der Waals surface area contributed by atoms with Gasteiger partial charge in [-0.25, -0.2) is 0 Å². The number of nitrogens with zero attached hydrogens (tertiary/aromatic N) is 1. The maximum atomic E-state index is 3.58. The molecule has 1 rings (SSSR count). The van der Waals surface area contributed by atoms with Gasteiger partial charge in [0, 0.05) is 17.9 Å². The zero-order valence-electron chi connectivity index (χ0n) is 7.73. The van der Waals surface area contributed by atoms with E-state index in [1.807, 2.05) is 0 Å². The molecule has 66 valence electrons. The normalized spacial score (nSPS) is 33.5. The van der Waals surface area contributed by atoms with Crippen LogP contribution in [0.2, 0.25) is 0 Å². The lowest BCUT2D eigenvalue weighted by Crippen LogP contribution is -2.31. The highest BCUT2D eigenvalue weighted by atomic mass is 79.9.